The zero-order valence-electron chi connectivity index (χ0n) is 12.2. The third-order valence-corrected chi connectivity index (χ3v) is 3.80. The Bertz CT molecular complexity index is 609. The van der Waals surface area contributed by atoms with Crippen LogP contribution in [0, 0.1) is 0 Å². The molecule has 110 valence electrons. The molecule has 0 unspecified atom stereocenters. The van der Waals surface area contributed by atoms with Crippen LogP contribution in [-0.2, 0) is 0 Å². The Kier molecular flexibility index (Phi) is 3.81. The lowest BCUT2D eigenvalue weighted by molar-refractivity contribution is 0.397. The van der Waals surface area contributed by atoms with E-state index in [0.29, 0.717) is 5.88 Å². The zero-order valence-corrected chi connectivity index (χ0v) is 12.2. The Morgan fingerprint density at radius 2 is 1.67 bits per heavy atom. The first-order chi connectivity index (χ1) is 10.3. The van der Waals surface area contributed by atoms with E-state index in [1.54, 1.807) is 7.11 Å². The molecule has 1 aliphatic heterocycles. The summed E-state index contributed by atoms with van der Waals surface area (Å²) in [5.41, 5.74) is 8.01. The maximum Gasteiger partial charge on any atom is 0.214 e. The summed E-state index contributed by atoms with van der Waals surface area (Å²) in [4.78, 5) is 9.09. The normalized spacial score (nSPS) is 15.1. The number of piperazine rings is 1. The van der Waals surface area contributed by atoms with Gasteiger partial charge in [0.25, 0.3) is 0 Å². The summed E-state index contributed by atoms with van der Waals surface area (Å²) in [5.74, 6) is 1.62. The molecule has 21 heavy (non-hydrogen) atoms. The first-order valence-electron chi connectivity index (χ1n) is 7.13. The van der Waals surface area contributed by atoms with Crippen molar-refractivity contribution >= 4 is 17.2 Å². The maximum atomic E-state index is 6.05. The van der Waals surface area contributed by atoms with Crippen LogP contribution in [0.15, 0.2) is 42.5 Å². The number of benzene rings is 1. The van der Waals surface area contributed by atoms with Gasteiger partial charge in [-0.15, -0.1) is 0 Å². The number of nitrogens with two attached hydrogens (primary N) is 1. The standard InChI is InChI=1S/C16H20N4O/c1-21-16-8-4-7-15(18-16)20-11-9-19(10-12-20)14-6-3-2-5-13(14)17/h2-8H,9-12,17H2,1H3. The number of methoxy groups -OCH3 is 1. The second kappa shape index (κ2) is 5.91. The third kappa shape index (κ3) is 2.86. The number of aromatic nitrogens is 1. The largest absolute Gasteiger partial charge is 0.481 e. The van der Waals surface area contributed by atoms with Gasteiger partial charge in [-0.1, -0.05) is 18.2 Å². The minimum absolute atomic E-state index is 0.655. The molecule has 3 rings (SSSR count). The zero-order chi connectivity index (χ0) is 14.7. The molecule has 2 N–H and O–H groups in total. The van der Waals surface area contributed by atoms with Gasteiger partial charge in [0.2, 0.25) is 5.88 Å². The molecule has 2 heterocycles. The van der Waals surface area contributed by atoms with Crippen LogP contribution in [0.2, 0.25) is 0 Å². The molecule has 1 fully saturated rings. The SMILES string of the molecule is COc1cccc(N2CCN(c3ccccc3N)CC2)n1. The number of nitrogen functional groups attached to an aromatic ring is 1. The summed E-state index contributed by atoms with van der Waals surface area (Å²) >= 11 is 0. The van der Waals surface area contributed by atoms with E-state index >= 15 is 0 Å². The number of nitrogens with zero attached hydrogens (tertiary/aromatic N) is 3. The second-order valence-electron chi connectivity index (χ2n) is 5.07. The van der Waals surface area contributed by atoms with Gasteiger partial charge in [0.05, 0.1) is 18.5 Å². The maximum absolute atomic E-state index is 6.05. The fourth-order valence-electron chi connectivity index (χ4n) is 2.65. The van der Waals surface area contributed by atoms with Gasteiger partial charge < -0.3 is 20.3 Å². The van der Waals surface area contributed by atoms with Gasteiger partial charge in [0.15, 0.2) is 0 Å². The summed E-state index contributed by atoms with van der Waals surface area (Å²) in [6.45, 7) is 3.73. The van der Waals surface area contributed by atoms with Crippen LogP contribution < -0.4 is 20.3 Å². The molecule has 0 atom stereocenters. The van der Waals surface area contributed by atoms with E-state index in [-0.39, 0.29) is 0 Å². The van der Waals surface area contributed by atoms with Crippen LogP contribution >= 0.6 is 0 Å². The summed E-state index contributed by atoms with van der Waals surface area (Å²) < 4.78 is 5.19. The molecule has 1 saturated heterocycles. The van der Waals surface area contributed by atoms with Crippen molar-refractivity contribution in [2.75, 3.05) is 48.8 Å². The van der Waals surface area contributed by atoms with Gasteiger partial charge in [0.1, 0.15) is 5.82 Å². The van der Waals surface area contributed by atoms with Crippen molar-refractivity contribution in [3.8, 4) is 5.88 Å². The van der Waals surface area contributed by atoms with Crippen molar-refractivity contribution in [1.82, 2.24) is 4.98 Å². The number of anilines is 3. The molecule has 1 aromatic carbocycles. The molecule has 0 aliphatic carbocycles. The average Bonchev–Trinajstić information content (AvgIpc) is 2.56. The summed E-state index contributed by atoms with van der Waals surface area (Å²) in [6.07, 6.45) is 0. The van der Waals surface area contributed by atoms with Crippen molar-refractivity contribution in [2.45, 2.75) is 0 Å². The quantitative estimate of drug-likeness (QED) is 0.874. The molecule has 0 bridgehead atoms. The fraction of sp³-hybridized carbons (Fsp3) is 0.312. The highest BCUT2D eigenvalue weighted by Gasteiger charge is 2.19. The Hall–Kier alpha value is -2.43. The lowest BCUT2D eigenvalue weighted by atomic mass is 10.2. The predicted molar refractivity (Wildman–Crippen MR) is 86.1 cm³/mol. The average molecular weight is 284 g/mol. The van der Waals surface area contributed by atoms with Crippen LogP contribution in [0.5, 0.6) is 5.88 Å². The number of hydrogen-bond acceptors (Lipinski definition) is 5. The third-order valence-electron chi connectivity index (χ3n) is 3.80. The summed E-state index contributed by atoms with van der Waals surface area (Å²) in [6, 6.07) is 13.9. The van der Waals surface area contributed by atoms with Gasteiger partial charge in [-0.3, -0.25) is 0 Å². The van der Waals surface area contributed by atoms with Gasteiger partial charge in [0, 0.05) is 32.2 Å². The Labute approximate surface area is 125 Å². The minimum Gasteiger partial charge on any atom is -0.481 e. The lowest BCUT2D eigenvalue weighted by Gasteiger charge is -2.37. The molecular formula is C16H20N4O. The first-order valence-corrected chi connectivity index (χ1v) is 7.13. The lowest BCUT2D eigenvalue weighted by Crippen LogP contribution is -2.47. The molecular weight excluding hydrogens is 264 g/mol. The van der Waals surface area contributed by atoms with Crippen LogP contribution in [0.4, 0.5) is 17.2 Å². The minimum atomic E-state index is 0.655. The molecule has 1 aliphatic rings. The molecule has 2 aromatic rings. The molecule has 5 nitrogen and oxygen atoms in total. The van der Waals surface area contributed by atoms with Gasteiger partial charge in [-0.05, 0) is 18.2 Å². The highest BCUT2D eigenvalue weighted by Crippen LogP contribution is 2.25. The van der Waals surface area contributed by atoms with E-state index in [2.05, 4.69) is 20.9 Å². The summed E-state index contributed by atoms with van der Waals surface area (Å²) in [5, 5.41) is 0. The molecule has 0 spiro atoms. The first kappa shape index (κ1) is 13.5. The number of pyridine rings is 1. The van der Waals surface area contributed by atoms with E-state index in [1.807, 2.05) is 36.4 Å². The van der Waals surface area contributed by atoms with Crippen LogP contribution in [0.1, 0.15) is 0 Å². The van der Waals surface area contributed by atoms with Crippen LogP contribution in [-0.4, -0.2) is 38.3 Å². The second-order valence-corrected chi connectivity index (χ2v) is 5.07. The van der Waals surface area contributed by atoms with Gasteiger partial charge in [-0.25, -0.2) is 0 Å². The molecule has 0 saturated carbocycles. The van der Waals surface area contributed by atoms with Crippen LogP contribution in [0.25, 0.3) is 0 Å². The number of para-hydroxylation sites is 2. The molecule has 5 heteroatoms. The van der Waals surface area contributed by atoms with E-state index in [4.69, 9.17) is 10.5 Å². The van der Waals surface area contributed by atoms with E-state index in [0.717, 1.165) is 43.4 Å². The molecule has 0 amide bonds. The monoisotopic (exact) mass is 284 g/mol. The number of hydrogen-bond donors (Lipinski definition) is 1. The molecule has 0 radical (unpaired) electrons. The Morgan fingerprint density at radius 3 is 2.38 bits per heavy atom. The van der Waals surface area contributed by atoms with Crippen molar-refractivity contribution < 1.29 is 4.74 Å². The highest BCUT2D eigenvalue weighted by atomic mass is 16.5. The smallest absolute Gasteiger partial charge is 0.214 e. The highest BCUT2D eigenvalue weighted by molar-refractivity contribution is 5.67. The van der Waals surface area contributed by atoms with E-state index in [9.17, 15) is 0 Å². The van der Waals surface area contributed by atoms with Crippen molar-refractivity contribution in [3.63, 3.8) is 0 Å². The van der Waals surface area contributed by atoms with Crippen molar-refractivity contribution in [2.24, 2.45) is 0 Å². The predicted octanol–water partition coefficient (Wildman–Crippen LogP) is 2.00. The Balaban J connectivity index is 1.69. The van der Waals surface area contributed by atoms with Crippen LogP contribution in [0.3, 0.4) is 0 Å². The van der Waals surface area contributed by atoms with Gasteiger partial charge >= 0.3 is 0 Å². The number of rotatable bonds is 3. The molecule has 1 aromatic heterocycles. The summed E-state index contributed by atoms with van der Waals surface area (Å²) in [7, 11) is 1.64. The van der Waals surface area contributed by atoms with Crippen molar-refractivity contribution in [1.29, 1.82) is 0 Å². The fourth-order valence-corrected chi connectivity index (χ4v) is 2.65. The van der Waals surface area contributed by atoms with E-state index in [1.165, 1.54) is 0 Å². The van der Waals surface area contributed by atoms with Crippen molar-refractivity contribution in [3.05, 3.63) is 42.5 Å². The number of ether oxygens (including phenoxy) is 1. The topological polar surface area (TPSA) is 54.6 Å². The van der Waals surface area contributed by atoms with E-state index < -0.39 is 0 Å². The van der Waals surface area contributed by atoms with Gasteiger partial charge in [-0.2, -0.15) is 4.98 Å². The Morgan fingerprint density at radius 1 is 0.952 bits per heavy atom.